The van der Waals surface area contributed by atoms with Crippen LogP contribution in [0.4, 0.5) is 5.69 Å². The normalized spacial score (nSPS) is 35.1. The zero-order chi connectivity index (χ0) is 24.7. The molecule has 1 aromatic carbocycles. The van der Waals surface area contributed by atoms with Gasteiger partial charge in [-0.1, -0.05) is 60.3 Å². The molecule has 3 unspecified atom stereocenters. The van der Waals surface area contributed by atoms with E-state index in [1.807, 2.05) is 25.1 Å². The first-order valence-corrected chi connectivity index (χ1v) is 13.7. The summed E-state index contributed by atoms with van der Waals surface area (Å²) in [7, 11) is 0. The highest BCUT2D eigenvalue weighted by Crippen LogP contribution is 2.60. The Morgan fingerprint density at radius 3 is 2.57 bits per heavy atom. The molecule has 3 saturated heterocycles. The molecule has 190 valence electrons. The number of fused-ring (bicyclic) bond motifs is 1. The summed E-state index contributed by atoms with van der Waals surface area (Å²) < 4.78 is 6.52. The third kappa shape index (κ3) is 4.09. The summed E-state index contributed by atoms with van der Waals surface area (Å²) in [5.41, 5.74) is -0.452. The SMILES string of the molecule is CC[C@@H](CO)N1C(=O)[C@@H]2[C@H](C(=O)Nc3ccccc3)[C@H]3OC2(CC3Br)C1C(=O)NC1CCCCC1. The topological polar surface area (TPSA) is 108 Å². The van der Waals surface area contributed by atoms with Crippen molar-refractivity contribution in [1.82, 2.24) is 10.2 Å². The molecule has 3 N–H and O–H groups in total. The second kappa shape index (κ2) is 9.82. The molecule has 4 fully saturated rings. The van der Waals surface area contributed by atoms with Crippen LogP contribution in [0, 0.1) is 11.8 Å². The Balaban J connectivity index is 1.49. The van der Waals surface area contributed by atoms with Gasteiger partial charge in [-0.3, -0.25) is 14.4 Å². The fraction of sp³-hybridized carbons (Fsp3) is 0.654. The van der Waals surface area contributed by atoms with Gasteiger partial charge in [0.25, 0.3) is 0 Å². The summed E-state index contributed by atoms with van der Waals surface area (Å²) in [5, 5.41) is 16.3. The van der Waals surface area contributed by atoms with Gasteiger partial charge in [-0.05, 0) is 37.8 Å². The van der Waals surface area contributed by atoms with Crippen molar-refractivity contribution in [2.45, 2.75) is 86.5 Å². The molecule has 5 rings (SSSR count). The predicted molar refractivity (Wildman–Crippen MR) is 134 cm³/mol. The number of halogens is 1. The third-order valence-electron chi connectivity index (χ3n) is 8.35. The van der Waals surface area contributed by atoms with E-state index >= 15 is 0 Å². The van der Waals surface area contributed by atoms with E-state index in [1.165, 1.54) is 11.3 Å². The zero-order valence-corrected chi connectivity index (χ0v) is 21.6. The van der Waals surface area contributed by atoms with Crippen LogP contribution in [0.5, 0.6) is 0 Å². The Morgan fingerprint density at radius 1 is 1.20 bits per heavy atom. The van der Waals surface area contributed by atoms with Crippen molar-refractivity contribution in [3.05, 3.63) is 30.3 Å². The van der Waals surface area contributed by atoms with E-state index < -0.39 is 35.6 Å². The van der Waals surface area contributed by atoms with E-state index in [4.69, 9.17) is 4.74 Å². The maximum Gasteiger partial charge on any atom is 0.246 e. The first-order chi connectivity index (χ1) is 16.9. The largest absolute Gasteiger partial charge is 0.394 e. The lowest BCUT2D eigenvalue weighted by molar-refractivity contribution is -0.145. The Morgan fingerprint density at radius 2 is 1.91 bits per heavy atom. The Bertz CT molecular complexity index is 967. The van der Waals surface area contributed by atoms with Crippen LogP contribution in [0.2, 0.25) is 0 Å². The Labute approximate surface area is 214 Å². The standard InChI is InChI=1S/C26H34BrN3O5/c1-2-17(14-31)30-22(24(33)29-16-11-7-4-8-12-16)26-13-18(27)21(35-26)19(20(26)25(30)34)23(32)28-15-9-5-3-6-10-15/h3,5-6,9-10,16-22,31H,2,4,7-8,11-14H2,1H3,(H,28,32)(H,29,33)/t17-,18?,19-,20-,21-,22?,26?/m0/s1. The number of hydrogen-bond donors (Lipinski definition) is 3. The summed E-state index contributed by atoms with van der Waals surface area (Å²) in [5.74, 6) is -2.29. The van der Waals surface area contributed by atoms with Crippen molar-refractivity contribution in [1.29, 1.82) is 0 Å². The summed E-state index contributed by atoms with van der Waals surface area (Å²) in [6, 6.07) is 7.83. The lowest BCUT2D eigenvalue weighted by Crippen LogP contribution is -2.59. The average molecular weight is 548 g/mol. The molecule has 1 aliphatic carbocycles. The van der Waals surface area contributed by atoms with Crippen molar-refractivity contribution in [2.75, 3.05) is 11.9 Å². The van der Waals surface area contributed by atoms with E-state index in [-0.39, 0.29) is 35.2 Å². The van der Waals surface area contributed by atoms with Crippen molar-refractivity contribution < 1.29 is 24.2 Å². The van der Waals surface area contributed by atoms with Crippen molar-refractivity contribution in [3.63, 3.8) is 0 Å². The number of nitrogens with one attached hydrogen (secondary N) is 2. The van der Waals surface area contributed by atoms with E-state index in [2.05, 4.69) is 26.6 Å². The summed E-state index contributed by atoms with van der Waals surface area (Å²) in [6.07, 6.45) is 5.62. The molecule has 1 saturated carbocycles. The minimum absolute atomic E-state index is 0.0772. The van der Waals surface area contributed by atoms with Crippen LogP contribution >= 0.6 is 15.9 Å². The predicted octanol–water partition coefficient (Wildman–Crippen LogP) is 2.59. The number of carbonyl (C=O) groups is 3. The smallest absolute Gasteiger partial charge is 0.246 e. The molecule has 1 aromatic rings. The minimum atomic E-state index is -1.10. The molecular formula is C26H34BrN3O5. The van der Waals surface area contributed by atoms with Crippen molar-refractivity contribution >= 4 is 39.3 Å². The lowest BCUT2D eigenvalue weighted by Gasteiger charge is -2.37. The molecule has 3 amide bonds. The number of likely N-dealkylation sites (tertiary alicyclic amines) is 1. The Hall–Kier alpha value is -1.97. The highest BCUT2D eigenvalue weighted by atomic mass is 79.9. The van der Waals surface area contributed by atoms with Gasteiger partial charge < -0.3 is 25.4 Å². The molecule has 0 aromatic heterocycles. The highest BCUT2D eigenvalue weighted by Gasteiger charge is 2.77. The van der Waals surface area contributed by atoms with Gasteiger partial charge in [0.15, 0.2) is 0 Å². The summed E-state index contributed by atoms with van der Waals surface area (Å²) in [4.78, 5) is 42.7. The molecule has 3 heterocycles. The average Bonchev–Trinajstić information content (AvgIpc) is 3.45. The van der Waals surface area contributed by atoms with Crippen molar-refractivity contribution in [3.8, 4) is 0 Å². The van der Waals surface area contributed by atoms with Gasteiger partial charge >= 0.3 is 0 Å². The number of aliphatic hydroxyl groups is 1. The van der Waals surface area contributed by atoms with Crippen LogP contribution in [-0.4, -0.2) is 69.0 Å². The molecular weight excluding hydrogens is 514 g/mol. The number of alkyl halides is 1. The summed E-state index contributed by atoms with van der Waals surface area (Å²) >= 11 is 3.69. The first-order valence-electron chi connectivity index (χ1n) is 12.8. The van der Waals surface area contributed by atoms with E-state index in [0.717, 1.165) is 25.7 Å². The first kappa shape index (κ1) is 24.7. The number of para-hydroxylation sites is 1. The number of anilines is 1. The number of aliphatic hydroxyl groups excluding tert-OH is 1. The minimum Gasteiger partial charge on any atom is -0.394 e. The Kier molecular flexibility index (Phi) is 6.94. The van der Waals surface area contributed by atoms with Crippen LogP contribution in [0.25, 0.3) is 0 Å². The van der Waals surface area contributed by atoms with Crippen molar-refractivity contribution in [2.24, 2.45) is 11.8 Å². The van der Waals surface area contributed by atoms with Crippen LogP contribution in [0.1, 0.15) is 51.9 Å². The molecule has 4 aliphatic rings. The molecule has 35 heavy (non-hydrogen) atoms. The van der Waals surface area contributed by atoms with Crippen LogP contribution in [0.15, 0.2) is 30.3 Å². The van der Waals surface area contributed by atoms with Gasteiger partial charge in [0.05, 0.1) is 30.6 Å². The fourth-order valence-corrected chi connectivity index (χ4v) is 7.69. The van der Waals surface area contributed by atoms with Gasteiger partial charge in [0, 0.05) is 16.6 Å². The van der Waals surface area contributed by atoms with Gasteiger partial charge in [0.2, 0.25) is 17.7 Å². The molecule has 7 atom stereocenters. The maximum absolute atomic E-state index is 14.0. The number of carbonyl (C=O) groups excluding carboxylic acids is 3. The number of amides is 3. The molecule has 3 aliphatic heterocycles. The quantitative estimate of drug-likeness (QED) is 0.454. The van der Waals surface area contributed by atoms with Crippen LogP contribution < -0.4 is 10.6 Å². The molecule has 1 spiro atoms. The molecule has 0 radical (unpaired) electrons. The van der Waals surface area contributed by atoms with Gasteiger partial charge in [-0.25, -0.2) is 0 Å². The van der Waals surface area contributed by atoms with Gasteiger partial charge in [-0.15, -0.1) is 0 Å². The second-order valence-corrected chi connectivity index (χ2v) is 11.5. The molecule has 9 heteroatoms. The number of benzene rings is 1. The van der Waals surface area contributed by atoms with E-state index in [9.17, 15) is 19.5 Å². The summed E-state index contributed by atoms with van der Waals surface area (Å²) in [6.45, 7) is 1.64. The number of hydrogen-bond acceptors (Lipinski definition) is 5. The van der Waals surface area contributed by atoms with Gasteiger partial charge in [0.1, 0.15) is 11.6 Å². The maximum atomic E-state index is 14.0. The monoisotopic (exact) mass is 547 g/mol. The number of nitrogens with zero attached hydrogens (tertiary/aromatic N) is 1. The van der Waals surface area contributed by atoms with Crippen LogP contribution in [-0.2, 0) is 19.1 Å². The highest BCUT2D eigenvalue weighted by molar-refractivity contribution is 9.09. The van der Waals surface area contributed by atoms with E-state index in [1.54, 1.807) is 12.1 Å². The lowest BCUT2D eigenvalue weighted by atomic mass is 9.70. The third-order valence-corrected chi connectivity index (χ3v) is 9.19. The second-order valence-electron chi connectivity index (χ2n) is 10.4. The van der Waals surface area contributed by atoms with Crippen LogP contribution in [0.3, 0.4) is 0 Å². The number of ether oxygens (including phenoxy) is 1. The molecule has 2 bridgehead atoms. The molecule has 8 nitrogen and oxygen atoms in total. The van der Waals surface area contributed by atoms with Gasteiger partial charge in [-0.2, -0.15) is 0 Å². The number of rotatable bonds is 7. The van der Waals surface area contributed by atoms with E-state index in [0.29, 0.717) is 18.5 Å². The zero-order valence-electron chi connectivity index (χ0n) is 20.0. The fourth-order valence-electron chi connectivity index (χ4n) is 6.75.